The van der Waals surface area contributed by atoms with E-state index in [2.05, 4.69) is 10.0 Å². The lowest BCUT2D eigenvalue weighted by molar-refractivity contribution is 0.174. The maximum Gasteiger partial charge on any atom is 0.317 e. The van der Waals surface area contributed by atoms with Gasteiger partial charge in [0.15, 0.2) is 0 Å². The van der Waals surface area contributed by atoms with E-state index in [0.29, 0.717) is 25.1 Å². The van der Waals surface area contributed by atoms with Gasteiger partial charge in [-0.1, -0.05) is 12.1 Å². The van der Waals surface area contributed by atoms with Crippen molar-refractivity contribution in [3.05, 3.63) is 35.6 Å². The fourth-order valence-electron chi connectivity index (χ4n) is 2.70. The summed E-state index contributed by atoms with van der Waals surface area (Å²) in [7, 11) is -3.29. The monoisotopic (exact) mass is 343 g/mol. The van der Waals surface area contributed by atoms with Crippen LogP contribution in [0.2, 0.25) is 0 Å². The van der Waals surface area contributed by atoms with Crippen LogP contribution in [0.5, 0.6) is 0 Å². The number of halogens is 1. The first-order valence-electron chi connectivity index (χ1n) is 7.53. The first kappa shape index (κ1) is 17.7. The standard InChI is InChI=1S/C15H22FN3O3S/c1-11(12-5-3-6-13(16)9-12)17-15(20)19-8-4-7-14(10-19)18-23(2,21)22/h3,5-6,9,11,14,18H,4,7-8,10H2,1-2H3,(H,17,20)/t11-,14-/m1/s1. The molecule has 1 aromatic rings. The van der Waals surface area contributed by atoms with Gasteiger partial charge in [0.05, 0.1) is 12.3 Å². The third-order valence-corrected chi connectivity index (χ3v) is 4.54. The number of urea groups is 1. The van der Waals surface area contributed by atoms with Gasteiger partial charge in [0, 0.05) is 19.1 Å². The molecule has 1 aliphatic heterocycles. The number of benzene rings is 1. The highest BCUT2D eigenvalue weighted by molar-refractivity contribution is 7.88. The minimum atomic E-state index is -3.29. The summed E-state index contributed by atoms with van der Waals surface area (Å²) < 4.78 is 38.4. The molecular formula is C15H22FN3O3S. The Kier molecular flexibility index (Phi) is 5.59. The molecule has 0 saturated carbocycles. The van der Waals surface area contributed by atoms with E-state index in [0.717, 1.165) is 12.7 Å². The highest BCUT2D eigenvalue weighted by atomic mass is 32.2. The van der Waals surface area contributed by atoms with E-state index in [9.17, 15) is 17.6 Å². The summed E-state index contributed by atoms with van der Waals surface area (Å²) in [6.45, 7) is 2.68. The molecule has 1 saturated heterocycles. The molecular weight excluding hydrogens is 321 g/mol. The lowest BCUT2D eigenvalue weighted by atomic mass is 10.1. The van der Waals surface area contributed by atoms with Gasteiger partial charge in [-0.2, -0.15) is 0 Å². The van der Waals surface area contributed by atoms with Crippen LogP contribution in [0.1, 0.15) is 31.4 Å². The Morgan fingerprint density at radius 1 is 1.43 bits per heavy atom. The molecule has 2 atom stereocenters. The second kappa shape index (κ2) is 7.27. The van der Waals surface area contributed by atoms with E-state index in [1.807, 2.05) is 0 Å². The number of likely N-dealkylation sites (tertiary alicyclic amines) is 1. The summed E-state index contributed by atoms with van der Waals surface area (Å²) >= 11 is 0. The van der Waals surface area contributed by atoms with Gasteiger partial charge < -0.3 is 10.2 Å². The minimum absolute atomic E-state index is 0.269. The summed E-state index contributed by atoms with van der Waals surface area (Å²) in [6.07, 6.45) is 2.54. The minimum Gasteiger partial charge on any atom is -0.331 e. The number of carbonyl (C=O) groups excluding carboxylic acids is 1. The molecule has 0 bridgehead atoms. The van der Waals surface area contributed by atoms with E-state index >= 15 is 0 Å². The van der Waals surface area contributed by atoms with E-state index in [-0.39, 0.29) is 23.9 Å². The van der Waals surface area contributed by atoms with Crippen molar-refractivity contribution in [3.8, 4) is 0 Å². The lowest BCUT2D eigenvalue weighted by Crippen LogP contribution is -2.52. The third kappa shape index (κ3) is 5.47. The van der Waals surface area contributed by atoms with Gasteiger partial charge in [-0.15, -0.1) is 0 Å². The lowest BCUT2D eigenvalue weighted by Gasteiger charge is -2.33. The first-order valence-corrected chi connectivity index (χ1v) is 9.42. The molecule has 0 aliphatic carbocycles. The van der Waals surface area contributed by atoms with Crippen LogP contribution in [0, 0.1) is 5.82 Å². The van der Waals surface area contributed by atoms with Crippen LogP contribution in [0.15, 0.2) is 24.3 Å². The summed E-state index contributed by atoms with van der Waals surface area (Å²) in [6, 6.07) is 5.20. The highest BCUT2D eigenvalue weighted by Crippen LogP contribution is 2.16. The number of hydrogen-bond acceptors (Lipinski definition) is 3. The van der Waals surface area contributed by atoms with Crippen LogP contribution in [0.3, 0.4) is 0 Å². The number of piperidine rings is 1. The maximum atomic E-state index is 13.2. The van der Waals surface area contributed by atoms with Crippen LogP contribution >= 0.6 is 0 Å². The number of hydrogen-bond donors (Lipinski definition) is 2. The molecule has 1 aliphatic rings. The normalized spacial score (nSPS) is 20.1. The quantitative estimate of drug-likeness (QED) is 0.872. The number of carbonyl (C=O) groups is 1. The Labute approximate surface area is 136 Å². The van der Waals surface area contributed by atoms with E-state index in [1.165, 1.54) is 12.1 Å². The SMILES string of the molecule is C[C@@H](NC(=O)N1CCC[C@@H](NS(C)(=O)=O)C1)c1cccc(F)c1. The summed E-state index contributed by atoms with van der Waals surface area (Å²) in [5.74, 6) is -0.348. The number of rotatable bonds is 4. The smallest absolute Gasteiger partial charge is 0.317 e. The fourth-order valence-corrected chi connectivity index (χ4v) is 3.49. The molecule has 0 aromatic heterocycles. The Hall–Kier alpha value is -1.67. The van der Waals surface area contributed by atoms with E-state index < -0.39 is 10.0 Å². The maximum absolute atomic E-state index is 13.2. The zero-order chi connectivity index (χ0) is 17.0. The van der Waals surface area contributed by atoms with Crippen molar-refractivity contribution in [3.63, 3.8) is 0 Å². The van der Waals surface area contributed by atoms with Crippen molar-refractivity contribution in [2.24, 2.45) is 0 Å². The number of amides is 2. The molecule has 6 nitrogen and oxygen atoms in total. The number of sulfonamides is 1. The molecule has 128 valence electrons. The third-order valence-electron chi connectivity index (χ3n) is 3.78. The van der Waals surface area contributed by atoms with Crippen LogP contribution < -0.4 is 10.0 Å². The van der Waals surface area contributed by atoms with E-state index in [4.69, 9.17) is 0 Å². The first-order chi connectivity index (χ1) is 10.7. The van der Waals surface area contributed by atoms with Crippen LogP contribution in [-0.4, -0.2) is 44.7 Å². The second-order valence-electron chi connectivity index (χ2n) is 5.90. The average Bonchev–Trinajstić information content (AvgIpc) is 2.45. The Balaban J connectivity index is 1.94. The molecule has 1 heterocycles. The average molecular weight is 343 g/mol. The molecule has 1 fully saturated rings. The second-order valence-corrected chi connectivity index (χ2v) is 7.68. The van der Waals surface area contributed by atoms with Gasteiger partial charge >= 0.3 is 6.03 Å². The topological polar surface area (TPSA) is 78.5 Å². The summed E-state index contributed by atoms with van der Waals surface area (Å²) in [5.41, 5.74) is 0.682. The van der Waals surface area contributed by atoms with Gasteiger partial charge in [0.25, 0.3) is 0 Å². The van der Waals surface area contributed by atoms with Gasteiger partial charge in [-0.05, 0) is 37.5 Å². The molecule has 2 N–H and O–H groups in total. The van der Waals surface area contributed by atoms with Gasteiger partial charge in [-0.3, -0.25) is 0 Å². The zero-order valence-electron chi connectivity index (χ0n) is 13.3. The van der Waals surface area contributed by atoms with Crippen molar-refractivity contribution in [2.45, 2.75) is 31.8 Å². The molecule has 2 rings (SSSR count). The van der Waals surface area contributed by atoms with Crippen molar-refractivity contribution >= 4 is 16.1 Å². The number of nitrogens with one attached hydrogen (secondary N) is 2. The predicted octanol–water partition coefficient (Wildman–Crippen LogP) is 1.61. The molecule has 0 spiro atoms. The largest absolute Gasteiger partial charge is 0.331 e. The summed E-state index contributed by atoms with van der Waals surface area (Å²) in [4.78, 5) is 13.9. The van der Waals surface area contributed by atoms with Crippen LogP contribution in [0.25, 0.3) is 0 Å². The van der Waals surface area contributed by atoms with Gasteiger partial charge in [0.1, 0.15) is 5.82 Å². The fraction of sp³-hybridized carbons (Fsp3) is 0.533. The van der Waals surface area contributed by atoms with Crippen molar-refractivity contribution in [1.82, 2.24) is 14.9 Å². The summed E-state index contributed by atoms with van der Waals surface area (Å²) in [5, 5.41) is 2.82. The molecule has 0 unspecified atom stereocenters. The zero-order valence-corrected chi connectivity index (χ0v) is 14.1. The molecule has 2 amide bonds. The van der Waals surface area contributed by atoms with Crippen molar-refractivity contribution < 1.29 is 17.6 Å². The Morgan fingerprint density at radius 3 is 2.83 bits per heavy atom. The molecule has 8 heteroatoms. The molecule has 23 heavy (non-hydrogen) atoms. The van der Waals surface area contributed by atoms with Crippen molar-refractivity contribution in [2.75, 3.05) is 19.3 Å². The van der Waals surface area contributed by atoms with Crippen LogP contribution in [-0.2, 0) is 10.0 Å². The number of nitrogens with zero attached hydrogens (tertiary/aromatic N) is 1. The molecule has 0 radical (unpaired) electrons. The van der Waals surface area contributed by atoms with Crippen molar-refractivity contribution in [1.29, 1.82) is 0 Å². The van der Waals surface area contributed by atoms with Crippen LogP contribution in [0.4, 0.5) is 9.18 Å². The van der Waals surface area contributed by atoms with Gasteiger partial charge in [0.2, 0.25) is 10.0 Å². The Bertz CT molecular complexity index is 666. The Morgan fingerprint density at radius 2 is 2.17 bits per heavy atom. The highest BCUT2D eigenvalue weighted by Gasteiger charge is 2.26. The van der Waals surface area contributed by atoms with E-state index in [1.54, 1.807) is 24.0 Å². The van der Waals surface area contributed by atoms with Gasteiger partial charge in [-0.25, -0.2) is 22.3 Å². The molecule has 1 aromatic carbocycles. The predicted molar refractivity (Wildman–Crippen MR) is 85.9 cm³/mol.